The van der Waals surface area contributed by atoms with E-state index in [2.05, 4.69) is 32.2 Å². The van der Waals surface area contributed by atoms with Crippen LogP contribution in [0.15, 0.2) is 0 Å². The van der Waals surface area contributed by atoms with E-state index in [1.54, 1.807) is 11.8 Å². The maximum atomic E-state index is 8.55. The summed E-state index contributed by atoms with van der Waals surface area (Å²) in [6, 6.07) is 0. The number of hydrogen-bond donors (Lipinski definition) is 3. The minimum Gasteiger partial charge on any atom is -0.396 e. The first-order valence-electron chi connectivity index (χ1n) is 3.59. The SMILES string of the molecule is CC(CS)(CS)CSCCO. The van der Waals surface area contributed by atoms with Gasteiger partial charge in [-0.3, -0.25) is 0 Å². The summed E-state index contributed by atoms with van der Waals surface area (Å²) in [4.78, 5) is 0. The zero-order valence-electron chi connectivity index (χ0n) is 6.79. The molecule has 0 amide bonds. The summed E-state index contributed by atoms with van der Waals surface area (Å²) >= 11 is 10.3. The van der Waals surface area contributed by atoms with Crippen molar-refractivity contribution in [2.75, 3.05) is 29.6 Å². The highest BCUT2D eigenvalue weighted by atomic mass is 32.2. The molecule has 0 aromatic carbocycles. The van der Waals surface area contributed by atoms with E-state index in [9.17, 15) is 0 Å². The predicted molar refractivity (Wildman–Crippen MR) is 60.2 cm³/mol. The molecular formula is C7H16OS3. The minimum atomic E-state index is 0.214. The Morgan fingerprint density at radius 1 is 1.36 bits per heavy atom. The lowest BCUT2D eigenvalue weighted by Crippen LogP contribution is -2.24. The Kier molecular flexibility index (Phi) is 7.12. The maximum Gasteiger partial charge on any atom is 0.0521 e. The van der Waals surface area contributed by atoms with Gasteiger partial charge in [-0.2, -0.15) is 37.0 Å². The van der Waals surface area contributed by atoms with Gasteiger partial charge in [-0.05, 0) is 16.9 Å². The van der Waals surface area contributed by atoms with Gasteiger partial charge in [0.15, 0.2) is 0 Å². The molecule has 1 N–H and O–H groups in total. The molecule has 0 aromatic heterocycles. The topological polar surface area (TPSA) is 20.2 Å². The van der Waals surface area contributed by atoms with E-state index in [4.69, 9.17) is 5.11 Å². The molecule has 0 aliphatic carbocycles. The van der Waals surface area contributed by atoms with Crippen molar-refractivity contribution in [3.8, 4) is 0 Å². The van der Waals surface area contributed by atoms with Crippen molar-refractivity contribution in [3.63, 3.8) is 0 Å². The summed E-state index contributed by atoms with van der Waals surface area (Å²) in [7, 11) is 0. The molecule has 0 radical (unpaired) electrons. The first kappa shape index (κ1) is 12.0. The van der Waals surface area contributed by atoms with Crippen molar-refractivity contribution in [1.82, 2.24) is 0 Å². The van der Waals surface area contributed by atoms with Crippen LogP contribution in [0.4, 0.5) is 0 Å². The van der Waals surface area contributed by atoms with E-state index in [1.807, 2.05) is 0 Å². The van der Waals surface area contributed by atoms with Gasteiger partial charge < -0.3 is 5.11 Å². The standard InChI is InChI=1S/C7H16OS3/c1-7(4-9,5-10)6-11-3-2-8/h8-10H,2-6H2,1H3. The monoisotopic (exact) mass is 212 g/mol. The van der Waals surface area contributed by atoms with Crippen LogP contribution in [0.5, 0.6) is 0 Å². The van der Waals surface area contributed by atoms with Crippen LogP contribution in [0.25, 0.3) is 0 Å². The summed E-state index contributed by atoms with van der Waals surface area (Å²) in [6.07, 6.45) is 0. The fourth-order valence-electron chi connectivity index (χ4n) is 0.524. The fraction of sp³-hybridized carbons (Fsp3) is 1.00. The molecule has 0 spiro atoms. The average molecular weight is 212 g/mol. The summed E-state index contributed by atoms with van der Waals surface area (Å²) in [5.74, 6) is 3.56. The first-order chi connectivity index (χ1) is 5.18. The highest BCUT2D eigenvalue weighted by Crippen LogP contribution is 2.24. The normalized spacial score (nSPS) is 12.0. The van der Waals surface area contributed by atoms with Gasteiger partial charge in [-0.15, -0.1) is 0 Å². The Hall–Kier alpha value is 1.01. The van der Waals surface area contributed by atoms with Gasteiger partial charge in [0.2, 0.25) is 0 Å². The molecule has 0 saturated heterocycles. The van der Waals surface area contributed by atoms with E-state index in [0.717, 1.165) is 23.0 Å². The molecule has 0 rings (SSSR count). The Labute approximate surface area is 84.2 Å². The van der Waals surface area contributed by atoms with E-state index in [1.165, 1.54) is 0 Å². The Morgan fingerprint density at radius 2 is 1.91 bits per heavy atom. The third-order valence-corrected chi connectivity index (χ3v) is 4.35. The summed E-state index contributed by atoms with van der Waals surface area (Å²) in [5.41, 5.74) is 0.214. The molecular weight excluding hydrogens is 196 g/mol. The largest absolute Gasteiger partial charge is 0.396 e. The van der Waals surface area contributed by atoms with Crippen molar-refractivity contribution in [2.24, 2.45) is 5.41 Å². The lowest BCUT2D eigenvalue weighted by Gasteiger charge is -2.24. The zero-order valence-corrected chi connectivity index (χ0v) is 9.39. The van der Waals surface area contributed by atoms with Gasteiger partial charge in [0.25, 0.3) is 0 Å². The third kappa shape index (κ3) is 5.28. The Morgan fingerprint density at radius 3 is 2.27 bits per heavy atom. The first-order valence-corrected chi connectivity index (χ1v) is 6.01. The van der Waals surface area contributed by atoms with E-state index < -0.39 is 0 Å². The molecule has 0 aliphatic heterocycles. The van der Waals surface area contributed by atoms with Crippen LogP contribution in [0.1, 0.15) is 6.92 Å². The molecule has 68 valence electrons. The maximum absolute atomic E-state index is 8.55. The van der Waals surface area contributed by atoms with Crippen LogP contribution in [0, 0.1) is 5.41 Å². The van der Waals surface area contributed by atoms with E-state index in [-0.39, 0.29) is 12.0 Å². The summed E-state index contributed by atoms with van der Waals surface area (Å²) in [6.45, 7) is 2.43. The fourth-order valence-corrected chi connectivity index (χ4v) is 2.42. The molecule has 4 heteroatoms. The molecule has 0 heterocycles. The lowest BCUT2D eigenvalue weighted by atomic mass is 10.00. The second kappa shape index (κ2) is 6.52. The van der Waals surface area contributed by atoms with Gasteiger partial charge in [0.05, 0.1) is 6.61 Å². The number of aliphatic hydroxyl groups is 1. The summed E-state index contributed by atoms with van der Waals surface area (Å²) in [5, 5.41) is 8.55. The molecule has 1 nitrogen and oxygen atoms in total. The highest BCUT2D eigenvalue weighted by molar-refractivity contribution is 7.99. The van der Waals surface area contributed by atoms with Crippen LogP contribution < -0.4 is 0 Å². The molecule has 0 bridgehead atoms. The highest BCUT2D eigenvalue weighted by Gasteiger charge is 2.19. The minimum absolute atomic E-state index is 0.214. The Balaban J connectivity index is 3.51. The van der Waals surface area contributed by atoms with Gasteiger partial charge in [0.1, 0.15) is 0 Å². The molecule has 0 aromatic rings. The lowest BCUT2D eigenvalue weighted by molar-refractivity contribution is 0.322. The van der Waals surface area contributed by atoms with Crippen molar-refractivity contribution < 1.29 is 5.11 Å². The molecule has 0 saturated carbocycles. The van der Waals surface area contributed by atoms with Crippen LogP contribution in [-0.4, -0.2) is 34.7 Å². The quantitative estimate of drug-likeness (QED) is 0.459. The van der Waals surface area contributed by atoms with Gasteiger partial charge >= 0.3 is 0 Å². The second-order valence-electron chi connectivity index (χ2n) is 2.90. The Bertz CT molecular complexity index is 93.7. The van der Waals surface area contributed by atoms with Gasteiger partial charge in [-0.25, -0.2) is 0 Å². The van der Waals surface area contributed by atoms with Crippen LogP contribution in [0.2, 0.25) is 0 Å². The molecule has 0 unspecified atom stereocenters. The van der Waals surface area contributed by atoms with Crippen molar-refractivity contribution in [3.05, 3.63) is 0 Å². The van der Waals surface area contributed by atoms with Crippen LogP contribution >= 0.6 is 37.0 Å². The van der Waals surface area contributed by atoms with Crippen LogP contribution in [0.3, 0.4) is 0 Å². The smallest absolute Gasteiger partial charge is 0.0521 e. The second-order valence-corrected chi connectivity index (χ2v) is 4.64. The predicted octanol–water partition coefficient (Wildman–Crippen LogP) is 1.58. The number of aliphatic hydroxyl groups excluding tert-OH is 1. The molecule has 0 atom stereocenters. The number of thiol groups is 2. The van der Waals surface area contributed by atoms with Gasteiger partial charge in [-0.1, -0.05) is 6.92 Å². The third-order valence-electron chi connectivity index (χ3n) is 1.45. The number of hydrogen-bond acceptors (Lipinski definition) is 4. The van der Waals surface area contributed by atoms with Crippen LogP contribution in [-0.2, 0) is 0 Å². The molecule has 0 fully saturated rings. The van der Waals surface area contributed by atoms with E-state index in [0.29, 0.717) is 0 Å². The molecule has 0 aliphatic rings. The van der Waals surface area contributed by atoms with Crippen molar-refractivity contribution >= 4 is 37.0 Å². The summed E-state index contributed by atoms with van der Waals surface area (Å²) < 4.78 is 0. The zero-order chi connectivity index (χ0) is 8.74. The van der Waals surface area contributed by atoms with Crippen molar-refractivity contribution in [2.45, 2.75) is 6.92 Å². The van der Waals surface area contributed by atoms with E-state index >= 15 is 0 Å². The van der Waals surface area contributed by atoms with Gasteiger partial charge in [0, 0.05) is 11.5 Å². The number of rotatable bonds is 6. The number of thioether (sulfide) groups is 1. The van der Waals surface area contributed by atoms with Crippen molar-refractivity contribution in [1.29, 1.82) is 0 Å². The average Bonchev–Trinajstić information content (AvgIpc) is 2.05. The molecule has 11 heavy (non-hydrogen) atoms.